The summed E-state index contributed by atoms with van der Waals surface area (Å²) in [6.07, 6.45) is 4.39. The number of fused-ring (bicyclic) bond motifs is 3. The zero-order chi connectivity index (χ0) is 18.4. The van der Waals surface area contributed by atoms with Crippen molar-refractivity contribution >= 4 is 33.7 Å². The normalized spacial score (nSPS) is 13.4. The molecule has 0 unspecified atom stereocenters. The molecule has 0 aliphatic carbocycles. The average Bonchev–Trinajstić information content (AvgIpc) is 3.36. The Kier molecular flexibility index (Phi) is 3.64. The van der Waals surface area contributed by atoms with Crippen LogP contribution in [0.5, 0.6) is 0 Å². The second-order valence-corrected chi connectivity index (χ2v) is 7.53. The van der Waals surface area contributed by atoms with Crippen LogP contribution in [0.4, 0.5) is 5.82 Å². The Balaban J connectivity index is 1.43. The molecule has 0 atom stereocenters. The zero-order valence-corrected chi connectivity index (χ0v) is 15.4. The summed E-state index contributed by atoms with van der Waals surface area (Å²) in [7, 11) is 2.05. The lowest BCUT2D eigenvalue weighted by Gasteiger charge is -2.23. The summed E-state index contributed by atoms with van der Waals surface area (Å²) in [5, 5.41) is 18.1. The van der Waals surface area contributed by atoms with Gasteiger partial charge < -0.3 is 10.3 Å². The molecule has 1 aliphatic rings. The highest BCUT2D eigenvalue weighted by Crippen LogP contribution is 2.33. The number of thiazole rings is 1. The maximum Gasteiger partial charge on any atom is 0.152 e. The molecule has 27 heavy (non-hydrogen) atoms. The zero-order valence-electron chi connectivity index (χ0n) is 14.6. The van der Waals surface area contributed by atoms with Crippen LogP contribution < -0.4 is 5.73 Å². The topological polar surface area (TPSA) is 114 Å². The van der Waals surface area contributed by atoms with Crippen LogP contribution in [0.15, 0.2) is 29.5 Å². The molecule has 0 saturated carbocycles. The van der Waals surface area contributed by atoms with Crippen molar-refractivity contribution in [2.24, 2.45) is 12.1 Å². The van der Waals surface area contributed by atoms with Crippen molar-refractivity contribution in [3.8, 4) is 0 Å². The monoisotopic (exact) mass is 379 g/mol. The number of hydrogen-bond acceptors (Lipinski definition) is 8. The highest BCUT2D eigenvalue weighted by Gasteiger charge is 2.23. The number of pyridine rings is 1. The second kappa shape index (κ2) is 6.16. The van der Waals surface area contributed by atoms with Crippen LogP contribution in [-0.4, -0.2) is 41.2 Å². The van der Waals surface area contributed by atoms with E-state index in [2.05, 4.69) is 37.1 Å². The molecule has 0 amide bonds. The lowest BCUT2D eigenvalue weighted by atomic mass is 10.2. The number of rotatable bonds is 4. The van der Waals surface area contributed by atoms with Crippen molar-refractivity contribution in [1.29, 1.82) is 0 Å². The third-order valence-corrected chi connectivity index (χ3v) is 5.66. The van der Waals surface area contributed by atoms with Crippen molar-refractivity contribution in [3.63, 3.8) is 0 Å². The van der Waals surface area contributed by atoms with Crippen molar-refractivity contribution in [2.45, 2.75) is 19.5 Å². The molecule has 1 aliphatic heterocycles. The number of aromatic nitrogens is 6. The molecule has 9 nitrogen and oxygen atoms in total. The van der Waals surface area contributed by atoms with E-state index in [-0.39, 0.29) is 0 Å². The smallest absolute Gasteiger partial charge is 0.152 e. The first-order valence-corrected chi connectivity index (χ1v) is 9.31. The van der Waals surface area contributed by atoms with Crippen LogP contribution >= 0.6 is 11.3 Å². The predicted octanol–water partition coefficient (Wildman–Crippen LogP) is 1.67. The molecule has 0 aromatic carbocycles. The number of nitrogen functional groups attached to an aromatic ring is 1. The Morgan fingerprint density at radius 3 is 3.00 bits per heavy atom. The summed E-state index contributed by atoms with van der Waals surface area (Å²) in [5.41, 5.74) is 10.9. The van der Waals surface area contributed by atoms with Gasteiger partial charge in [0.25, 0.3) is 0 Å². The van der Waals surface area contributed by atoms with E-state index >= 15 is 0 Å². The molecular formula is C17H17N9S. The predicted molar refractivity (Wildman–Crippen MR) is 103 cm³/mol. The van der Waals surface area contributed by atoms with E-state index < -0.39 is 0 Å². The van der Waals surface area contributed by atoms with Crippen LogP contribution in [-0.2, 0) is 26.6 Å². The Labute approximate surface area is 158 Å². The third-order valence-electron chi connectivity index (χ3n) is 4.59. The fourth-order valence-corrected chi connectivity index (χ4v) is 4.43. The van der Waals surface area contributed by atoms with Gasteiger partial charge in [-0.1, -0.05) is 11.3 Å². The van der Waals surface area contributed by atoms with E-state index in [4.69, 9.17) is 10.7 Å². The van der Waals surface area contributed by atoms with Crippen LogP contribution in [0, 0.1) is 0 Å². The summed E-state index contributed by atoms with van der Waals surface area (Å²) >= 11 is 1.69. The van der Waals surface area contributed by atoms with Gasteiger partial charge in [0.1, 0.15) is 10.8 Å². The molecule has 4 aromatic rings. The molecule has 0 saturated heterocycles. The van der Waals surface area contributed by atoms with Gasteiger partial charge in [0.2, 0.25) is 0 Å². The summed E-state index contributed by atoms with van der Waals surface area (Å²) in [5.74, 6) is 0.525. The van der Waals surface area contributed by atoms with Crippen LogP contribution in [0.1, 0.15) is 27.7 Å². The molecule has 5 heterocycles. The van der Waals surface area contributed by atoms with Gasteiger partial charge in [-0.05, 0) is 12.1 Å². The van der Waals surface area contributed by atoms with E-state index in [1.807, 2.05) is 23.4 Å². The molecule has 0 fully saturated rings. The first-order chi connectivity index (χ1) is 13.2. The van der Waals surface area contributed by atoms with Crippen LogP contribution in [0.3, 0.4) is 0 Å². The van der Waals surface area contributed by atoms with Gasteiger partial charge in [-0.2, -0.15) is 5.10 Å². The van der Waals surface area contributed by atoms with Gasteiger partial charge in [-0.15, -0.1) is 16.4 Å². The summed E-state index contributed by atoms with van der Waals surface area (Å²) in [6.45, 7) is 1.32. The quantitative estimate of drug-likeness (QED) is 0.557. The number of hydrazone groups is 1. The minimum atomic E-state index is 0.525. The van der Waals surface area contributed by atoms with Crippen molar-refractivity contribution in [2.75, 3.05) is 5.73 Å². The number of aromatic amines is 1. The largest absolute Gasteiger partial charge is 0.384 e. The van der Waals surface area contributed by atoms with Gasteiger partial charge in [0, 0.05) is 25.2 Å². The first-order valence-electron chi connectivity index (χ1n) is 8.50. The molecule has 136 valence electrons. The molecule has 0 radical (unpaired) electrons. The Bertz CT molecular complexity index is 1140. The number of H-pyrrole nitrogens is 1. The molecule has 10 heteroatoms. The summed E-state index contributed by atoms with van der Waals surface area (Å²) in [4.78, 5) is 9.16. The Hall–Kier alpha value is -3.27. The van der Waals surface area contributed by atoms with E-state index in [1.165, 1.54) is 5.69 Å². The maximum absolute atomic E-state index is 5.77. The van der Waals surface area contributed by atoms with Gasteiger partial charge in [0.05, 0.1) is 41.1 Å². The summed E-state index contributed by atoms with van der Waals surface area (Å²) < 4.78 is 3.31. The molecule has 3 N–H and O–H groups in total. The van der Waals surface area contributed by atoms with Gasteiger partial charge >= 0.3 is 0 Å². The Morgan fingerprint density at radius 1 is 1.26 bits per heavy atom. The molecule has 0 bridgehead atoms. The standard InChI is InChI=1S/C17H17N9S/c1-25-13-9-26(8-10-3-2-4-14(18)21-10)20-7-12(13)16-17(25)22-15(27-16)5-11-6-19-24-23-11/h2-4,6-7H,5,8-9H2,1H3,(H2,18,21)(H,19,23,24). The van der Waals surface area contributed by atoms with Crippen molar-refractivity contribution < 1.29 is 0 Å². The molecular weight excluding hydrogens is 362 g/mol. The first kappa shape index (κ1) is 15.9. The maximum atomic E-state index is 5.77. The summed E-state index contributed by atoms with van der Waals surface area (Å²) in [6, 6.07) is 5.66. The second-order valence-electron chi connectivity index (χ2n) is 6.44. The number of hydrogen-bond donors (Lipinski definition) is 2. The third kappa shape index (κ3) is 2.83. The van der Waals surface area contributed by atoms with Crippen molar-refractivity contribution in [3.05, 3.63) is 52.0 Å². The SMILES string of the molecule is Cn1c2c(c3sc(Cc4c[nH]nn4)nc31)C=NN(Cc1cccc(N)n1)C2. The van der Waals surface area contributed by atoms with Crippen LogP contribution in [0.25, 0.3) is 10.3 Å². The minimum Gasteiger partial charge on any atom is -0.384 e. The number of nitrogens with one attached hydrogen (secondary N) is 1. The van der Waals surface area contributed by atoms with Crippen molar-refractivity contribution in [1.82, 2.24) is 35.0 Å². The highest BCUT2D eigenvalue weighted by molar-refractivity contribution is 7.19. The van der Waals surface area contributed by atoms with Gasteiger partial charge in [-0.25, -0.2) is 9.97 Å². The van der Waals surface area contributed by atoms with E-state index in [9.17, 15) is 0 Å². The lowest BCUT2D eigenvalue weighted by Crippen LogP contribution is -2.23. The molecule has 5 rings (SSSR count). The fourth-order valence-electron chi connectivity index (χ4n) is 3.29. The van der Waals surface area contributed by atoms with Gasteiger partial charge in [0.15, 0.2) is 5.65 Å². The average molecular weight is 379 g/mol. The van der Waals surface area contributed by atoms with Crippen LogP contribution in [0.2, 0.25) is 0 Å². The minimum absolute atomic E-state index is 0.525. The van der Waals surface area contributed by atoms with E-state index in [1.54, 1.807) is 23.6 Å². The lowest BCUT2D eigenvalue weighted by molar-refractivity contribution is 0.259. The number of anilines is 1. The Morgan fingerprint density at radius 2 is 2.19 bits per heavy atom. The highest BCUT2D eigenvalue weighted by atomic mass is 32.1. The molecule has 4 aromatic heterocycles. The fraction of sp³-hybridized carbons (Fsp3) is 0.235. The van der Waals surface area contributed by atoms with E-state index in [0.29, 0.717) is 25.3 Å². The molecule has 0 spiro atoms. The number of nitrogens with zero attached hydrogens (tertiary/aromatic N) is 7. The van der Waals surface area contributed by atoms with E-state index in [0.717, 1.165) is 32.3 Å². The number of aryl methyl sites for hydroxylation is 1. The number of nitrogens with two attached hydrogens (primary N) is 1. The van der Waals surface area contributed by atoms with Gasteiger partial charge in [-0.3, -0.25) is 10.1 Å².